The first-order valence-corrected chi connectivity index (χ1v) is 17.2. The van der Waals surface area contributed by atoms with Gasteiger partial charge in [-0.2, -0.15) is 32.2 Å². The Hall–Kier alpha value is -5.87. The third-order valence-electron chi connectivity index (χ3n) is 7.46. The van der Waals surface area contributed by atoms with Gasteiger partial charge in [0.15, 0.2) is 0 Å². The van der Waals surface area contributed by atoms with Crippen molar-refractivity contribution < 1.29 is 35.8 Å². The number of anilines is 1. The smallest absolute Gasteiger partial charge is 0.294 e. The molecule has 246 valence electrons. The Labute approximate surface area is 279 Å². The van der Waals surface area contributed by atoms with Crippen LogP contribution in [0.15, 0.2) is 139 Å². The Kier molecular flexibility index (Phi) is 8.75. The normalized spacial score (nSPS) is 12.3. The minimum absolute atomic E-state index is 0.277. The molecule has 13 nitrogen and oxygen atoms in total. The summed E-state index contributed by atoms with van der Waals surface area (Å²) in [6.07, 6.45) is 0. The zero-order valence-electron chi connectivity index (χ0n) is 25.4. The number of aromatic hydroxyl groups is 1. The van der Waals surface area contributed by atoms with Gasteiger partial charge >= 0.3 is 0 Å². The number of nitrogens with zero attached hydrogens (tertiary/aromatic N) is 4. The van der Waals surface area contributed by atoms with Crippen LogP contribution in [0.5, 0.6) is 5.75 Å². The standard InChI is InChI=1S/C34H25N5O8S2/c1-20-15-23(8-12-30(20)38-37-24-7-10-27-22(16-24)17-26(19-33(27)40)49(45,46)47)36-39-32-14-13-31(35-34(41)21-5-3-2-4-6-21)28-11-9-25(18-29(28)32)48(42,43)44/h2-19,40H,1H3,(H,35,41)(H,42,43,44)(H,45,46,47)/b38-37+,39-36+. The summed E-state index contributed by atoms with van der Waals surface area (Å²) in [7, 11) is -9.07. The van der Waals surface area contributed by atoms with Gasteiger partial charge in [-0.1, -0.05) is 24.3 Å². The molecule has 4 N–H and O–H groups in total. The summed E-state index contributed by atoms with van der Waals surface area (Å²) in [5.41, 5.74) is 3.09. The number of aryl methyl sites for hydroxylation is 1. The molecule has 15 heteroatoms. The molecule has 1 amide bonds. The van der Waals surface area contributed by atoms with Crippen molar-refractivity contribution in [1.29, 1.82) is 0 Å². The maximum Gasteiger partial charge on any atom is 0.294 e. The topological polar surface area (TPSA) is 208 Å². The summed E-state index contributed by atoms with van der Waals surface area (Å²) in [5, 5.41) is 31.6. The van der Waals surface area contributed by atoms with Crippen LogP contribution < -0.4 is 5.32 Å². The summed E-state index contributed by atoms with van der Waals surface area (Å²) in [6, 6.07) is 27.5. The van der Waals surface area contributed by atoms with Crippen LogP contribution in [0.3, 0.4) is 0 Å². The molecule has 6 aromatic carbocycles. The minimum atomic E-state index is -4.54. The summed E-state index contributed by atoms with van der Waals surface area (Å²) < 4.78 is 66.0. The number of phenolic OH excluding ortho intramolecular Hbond substituents is 1. The lowest BCUT2D eigenvalue weighted by molar-refractivity contribution is 0.102. The molecular formula is C34H25N5O8S2. The fraction of sp³-hybridized carbons (Fsp3) is 0.0294. The van der Waals surface area contributed by atoms with E-state index in [2.05, 4.69) is 25.8 Å². The molecule has 0 bridgehead atoms. The summed E-state index contributed by atoms with van der Waals surface area (Å²) in [5.74, 6) is -0.680. The molecule has 49 heavy (non-hydrogen) atoms. The van der Waals surface area contributed by atoms with Gasteiger partial charge in [-0.3, -0.25) is 13.9 Å². The van der Waals surface area contributed by atoms with E-state index in [1.54, 1.807) is 79.7 Å². The third kappa shape index (κ3) is 7.34. The fourth-order valence-corrected chi connectivity index (χ4v) is 6.05. The fourth-order valence-electron chi connectivity index (χ4n) is 5.01. The number of hydrogen-bond acceptors (Lipinski definition) is 10. The zero-order valence-corrected chi connectivity index (χ0v) is 27.0. The Bertz CT molecular complexity index is 2570. The van der Waals surface area contributed by atoms with Crippen molar-refractivity contribution in [2.45, 2.75) is 16.7 Å². The molecule has 0 fully saturated rings. The second kappa shape index (κ2) is 13.0. The summed E-state index contributed by atoms with van der Waals surface area (Å²) in [4.78, 5) is 12.0. The monoisotopic (exact) mass is 695 g/mol. The predicted octanol–water partition coefficient (Wildman–Crippen LogP) is 8.58. The van der Waals surface area contributed by atoms with E-state index in [0.717, 1.165) is 6.07 Å². The molecule has 0 saturated heterocycles. The average molecular weight is 696 g/mol. The van der Waals surface area contributed by atoms with Gasteiger partial charge in [-0.05, 0) is 96.7 Å². The van der Waals surface area contributed by atoms with E-state index in [1.165, 1.54) is 30.3 Å². The number of hydrogen-bond donors (Lipinski definition) is 4. The first kappa shape index (κ1) is 33.0. The highest BCUT2D eigenvalue weighted by atomic mass is 32.2. The maximum atomic E-state index is 12.8. The van der Waals surface area contributed by atoms with Crippen LogP contribution in [0.2, 0.25) is 0 Å². The van der Waals surface area contributed by atoms with Crippen LogP contribution in [0.4, 0.5) is 28.4 Å². The van der Waals surface area contributed by atoms with Crippen molar-refractivity contribution in [3.63, 3.8) is 0 Å². The maximum absolute atomic E-state index is 12.8. The highest BCUT2D eigenvalue weighted by molar-refractivity contribution is 7.86. The van der Waals surface area contributed by atoms with Gasteiger partial charge in [0.2, 0.25) is 0 Å². The number of fused-ring (bicyclic) bond motifs is 2. The van der Waals surface area contributed by atoms with E-state index in [1.807, 2.05) is 0 Å². The molecule has 6 aromatic rings. The molecule has 0 heterocycles. The van der Waals surface area contributed by atoms with Crippen molar-refractivity contribution in [3.8, 4) is 5.75 Å². The number of benzene rings is 6. The quantitative estimate of drug-likeness (QED) is 0.0893. The van der Waals surface area contributed by atoms with Crippen LogP contribution in [0, 0.1) is 6.92 Å². The Morgan fingerprint density at radius 3 is 1.94 bits per heavy atom. The molecule has 0 aliphatic heterocycles. The van der Waals surface area contributed by atoms with Gasteiger partial charge < -0.3 is 10.4 Å². The van der Waals surface area contributed by atoms with Gasteiger partial charge in [0.1, 0.15) is 5.75 Å². The highest BCUT2D eigenvalue weighted by Gasteiger charge is 2.16. The molecule has 6 rings (SSSR count). The van der Waals surface area contributed by atoms with Crippen LogP contribution in [-0.2, 0) is 20.2 Å². The van der Waals surface area contributed by atoms with Crippen molar-refractivity contribution >= 4 is 76.1 Å². The molecular weight excluding hydrogens is 671 g/mol. The number of azo groups is 2. The lowest BCUT2D eigenvalue weighted by atomic mass is 10.1. The first-order chi connectivity index (χ1) is 23.3. The van der Waals surface area contributed by atoms with Crippen LogP contribution >= 0.6 is 0 Å². The van der Waals surface area contributed by atoms with Crippen molar-refractivity contribution in [2.75, 3.05) is 5.32 Å². The largest absolute Gasteiger partial charge is 0.507 e. The van der Waals surface area contributed by atoms with E-state index in [0.29, 0.717) is 55.4 Å². The second-order valence-electron chi connectivity index (χ2n) is 10.8. The number of rotatable bonds is 8. The predicted molar refractivity (Wildman–Crippen MR) is 183 cm³/mol. The average Bonchev–Trinajstić information content (AvgIpc) is 3.06. The Balaban J connectivity index is 1.28. The van der Waals surface area contributed by atoms with E-state index in [4.69, 9.17) is 0 Å². The lowest BCUT2D eigenvalue weighted by Crippen LogP contribution is -2.12. The number of nitrogens with one attached hydrogen (secondary N) is 1. The van der Waals surface area contributed by atoms with E-state index in [9.17, 15) is 35.8 Å². The van der Waals surface area contributed by atoms with Crippen molar-refractivity contribution in [3.05, 3.63) is 120 Å². The molecule has 0 radical (unpaired) electrons. The molecule has 0 unspecified atom stereocenters. The van der Waals surface area contributed by atoms with Crippen LogP contribution in [0.25, 0.3) is 21.5 Å². The van der Waals surface area contributed by atoms with Crippen molar-refractivity contribution in [2.24, 2.45) is 20.5 Å². The summed E-state index contributed by atoms with van der Waals surface area (Å²) in [6.45, 7) is 1.78. The van der Waals surface area contributed by atoms with Gasteiger partial charge in [-0.15, -0.1) is 5.11 Å². The van der Waals surface area contributed by atoms with Crippen LogP contribution in [0.1, 0.15) is 15.9 Å². The molecule has 0 atom stereocenters. The van der Waals surface area contributed by atoms with Gasteiger partial charge in [0.25, 0.3) is 26.1 Å². The minimum Gasteiger partial charge on any atom is -0.507 e. The molecule has 0 saturated carbocycles. The third-order valence-corrected chi connectivity index (χ3v) is 9.14. The van der Waals surface area contributed by atoms with Crippen molar-refractivity contribution in [1.82, 2.24) is 0 Å². The first-order valence-electron chi connectivity index (χ1n) is 14.4. The number of carbonyl (C=O) groups is 1. The Morgan fingerprint density at radius 2 is 1.24 bits per heavy atom. The SMILES string of the molecule is Cc1cc(/N=N/c2ccc(NC(=O)c3ccccc3)c3ccc(S(=O)(=O)O)cc23)ccc1/N=N/c1ccc2c(O)cc(S(=O)(=O)O)cc2c1. The zero-order chi connectivity index (χ0) is 34.9. The second-order valence-corrected chi connectivity index (χ2v) is 13.7. The lowest BCUT2D eigenvalue weighted by Gasteiger charge is -2.11. The molecule has 0 spiro atoms. The Morgan fingerprint density at radius 1 is 0.612 bits per heavy atom. The molecule has 0 aromatic heterocycles. The number of carbonyl (C=O) groups excluding carboxylic acids is 1. The molecule has 0 aliphatic carbocycles. The van der Waals surface area contributed by atoms with Gasteiger partial charge in [0, 0.05) is 33.5 Å². The number of amides is 1. The highest BCUT2D eigenvalue weighted by Crippen LogP contribution is 2.36. The summed E-state index contributed by atoms with van der Waals surface area (Å²) >= 11 is 0. The van der Waals surface area contributed by atoms with E-state index in [-0.39, 0.29) is 22.2 Å². The van der Waals surface area contributed by atoms with Gasteiger partial charge in [-0.25, -0.2) is 0 Å². The van der Waals surface area contributed by atoms with Gasteiger partial charge in [0.05, 0.1) is 32.5 Å². The molecule has 0 aliphatic rings. The van der Waals surface area contributed by atoms with E-state index < -0.39 is 25.1 Å². The van der Waals surface area contributed by atoms with Crippen LogP contribution in [-0.4, -0.2) is 37.0 Å². The van der Waals surface area contributed by atoms with E-state index >= 15 is 0 Å². The number of phenols is 1.